The van der Waals surface area contributed by atoms with E-state index in [2.05, 4.69) is 46.4 Å². The van der Waals surface area contributed by atoms with Crippen molar-refractivity contribution in [3.05, 3.63) is 28.2 Å². The van der Waals surface area contributed by atoms with Gasteiger partial charge in [0.2, 0.25) is 0 Å². The minimum Gasteiger partial charge on any atom is -0.490 e. The van der Waals surface area contributed by atoms with Crippen molar-refractivity contribution < 1.29 is 9.47 Å². The van der Waals surface area contributed by atoms with Gasteiger partial charge < -0.3 is 14.8 Å². The van der Waals surface area contributed by atoms with Gasteiger partial charge in [0, 0.05) is 30.2 Å². The van der Waals surface area contributed by atoms with Crippen molar-refractivity contribution in [2.24, 2.45) is 5.92 Å². The molecule has 0 saturated heterocycles. The molecule has 1 aliphatic carbocycles. The normalized spacial score (nSPS) is 22.2. The third-order valence-electron chi connectivity index (χ3n) is 4.00. The molecule has 2 unspecified atom stereocenters. The predicted molar refractivity (Wildman–Crippen MR) is 89.8 cm³/mol. The molecule has 118 valence electrons. The molecule has 1 aliphatic rings. The Labute approximate surface area is 136 Å². The van der Waals surface area contributed by atoms with Crippen molar-refractivity contribution in [1.82, 2.24) is 5.32 Å². The van der Waals surface area contributed by atoms with Crippen LogP contribution in [0.2, 0.25) is 0 Å². The second-order valence-corrected chi connectivity index (χ2v) is 6.85. The van der Waals surface area contributed by atoms with Crippen molar-refractivity contribution in [2.45, 2.75) is 45.3 Å². The Hall–Kier alpha value is -0.580. The van der Waals surface area contributed by atoms with E-state index in [-0.39, 0.29) is 0 Å². The van der Waals surface area contributed by atoms with Gasteiger partial charge in [-0.2, -0.15) is 0 Å². The molecule has 1 N–H and O–H groups in total. The minimum atomic E-state index is 0.368. The van der Waals surface area contributed by atoms with Gasteiger partial charge in [-0.1, -0.05) is 29.3 Å². The lowest BCUT2D eigenvalue weighted by atomic mass is 9.88. The van der Waals surface area contributed by atoms with Crippen LogP contribution in [0.3, 0.4) is 0 Å². The first-order chi connectivity index (χ1) is 10.2. The highest BCUT2D eigenvalue weighted by Crippen LogP contribution is 2.30. The van der Waals surface area contributed by atoms with Gasteiger partial charge in [0.05, 0.1) is 12.7 Å². The highest BCUT2D eigenvalue weighted by Gasteiger charge is 2.21. The fourth-order valence-electron chi connectivity index (χ4n) is 2.86. The van der Waals surface area contributed by atoms with Crippen LogP contribution in [0, 0.1) is 5.92 Å². The topological polar surface area (TPSA) is 30.5 Å². The predicted octanol–water partition coefficient (Wildman–Crippen LogP) is 4.14. The quantitative estimate of drug-likeness (QED) is 0.745. The smallest absolute Gasteiger partial charge is 0.124 e. The zero-order valence-electron chi connectivity index (χ0n) is 13.0. The Kier molecular flexibility index (Phi) is 7.00. The molecular weight excluding hydrogens is 330 g/mol. The Morgan fingerprint density at radius 1 is 1.33 bits per heavy atom. The highest BCUT2D eigenvalue weighted by molar-refractivity contribution is 9.10. The summed E-state index contributed by atoms with van der Waals surface area (Å²) < 4.78 is 12.4. The molecule has 0 amide bonds. The van der Waals surface area contributed by atoms with Crippen molar-refractivity contribution >= 4 is 15.9 Å². The Balaban J connectivity index is 1.96. The van der Waals surface area contributed by atoms with E-state index in [0.29, 0.717) is 6.10 Å². The van der Waals surface area contributed by atoms with E-state index < -0.39 is 0 Å². The molecule has 21 heavy (non-hydrogen) atoms. The Morgan fingerprint density at radius 2 is 2.19 bits per heavy atom. The molecule has 0 aromatic heterocycles. The largest absolute Gasteiger partial charge is 0.490 e. The van der Waals surface area contributed by atoms with E-state index in [1.807, 2.05) is 0 Å². The first-order valence-corrected chi connectivity index (χ1v) is 8.63. The van der Waals surface area contributed by atoms with Crippen molar-refractivity contribution in [2.75, 3.05) is 20.3 Å². The average Bonchev–Trinajstić information content (AvgIpc) is 2.46. The molecule has 1 aromatic rings. The standard InChI is InChI=1S/C17H26BrNO2/c1-13-4-3-5-16(10-13)21-17-7-6-15(18)11-14(17)12-19-8-9-20-2/h6-7,11,13,16,19H,3-5,8-10,12H2,1-2H3. The van der Waals surface area contributed by atoms with E-state index in [4.69, 9.17) is 9.47 Å². The van der Waals surface area contributed by atoms with Crippen LogP contribution in [-0.2, 0) is 11.3 Å². The summed E-state index contributed by atoms with van der Waals surface area (Å²) in [5.74, 6) is 1.80. The van der Waals surface area contributed by atoms with Gasteiger partial charge >= 0.3 is 0 Å². The van der Waals surface area contributed by atoms with Crippen LogP contribution in [0.25, 0.3) is 0 Å². The second kappa shape index (κ2) is 8.76. The van der Waals surface area contributed by atoms with E-state index >= 15 is 0 Å². The number of ether oxygens (including phenoxy) is 2. The molecule has 0 spiro atoms. The number of benzene rings is 1. The second-order valence-electron chi connectivity index (χ2n) is 5.93. The summed E-state index contributed by atoms with van der Waals surface area (Å²) in [6.45, 7) is 4.71. The van der Waals surface area contributed by atoms with E-state index in [0.717, 1.165) is 35.8 Å². The van der Waals surface area contributed by atoms with Gasteiger partial charge in [-0.25, -0.2) is 0 Å². The van der Waals surface area contributed by atoms with Gasteiger partial charge in [0.1, 0.15) is 5.75 Å². The zero-order chi connectivity index (χ0) is 15.1. The summed E-state index contributed by atoms with van der Waals surface area (Å²) in [5, 5.41) is 3.39. The molecule has 2 atom stereocenters. The molecule has 0 bridgehead atoms. The maximum atomic E-state index is 6.28. The summed E-state index contributed by atoms with van der Waals surface area (Å²) in [6.07, 6.45) is 5.34. The third-order valence-corrected chi connectivity index (χ3v) is 4.50. The zero-order valence-corrected chi connectivity index (χ0v) is 14.6. The van der Waals surface area contributed by atoms with Crippen LogP contribution in [0.15, 0.2) is 22.7 Å². The third kappa shape index (κ3) is 5.61. The number of hydrogen-bond donors (Lipinski definition) is 1. The number of nitrogens with one attached hydrogen (secondary N) is 1. The number of halogens is 1. The minimum absolute atomic E-state index is 0.368. The fourth-order valence-corrected chi connectivity index (χ4v) is 3.27. The molecular formula is C17H26BrNO2. The lowest BCUT2D eigenvalue weighted by Gasteiger charge is -2.28. The lowest BCUT2D eigenvalue weighted by molar-refractivity contribution is 0.127. The van der Waals surface area contributed by atoms with Crippen LogP contribution >= 0.6 is 15.9 Å². The van der Waals surface area contributed by atoms with Gasteiger partial charge in [0.15, 0.2) is 0 Å². The summed E-state index contributed by atoms with van der Waals surface area (Å²) in [5.41, 5.74) is 1.21. The molecule has 0 aliphatic heterocycles. The average molecular weight is 356 g/mol. The lowest BCUT2D eigenvalue weighted by Crippen LogP contribution is -2.25. The van der Waals surface area contributed by atoms with Crippen LogP contribution in [-0.4, -0.2) is 26.4 Å². The van der Waals surface area contributed by atoms with Gasteiger partial charge in [-0.3, -0.25) is 0 Å². The molecule has 2 rings (SSSR count). The van der Waals surface area contributed by atoms with Gasteiger partial charge in [-0.05, 0) is 43.4 Å². The van der Waals surface area contributed by atoms with Crippen LogP contribution in [0.1, 0.15) is 38.2 Å². The molecule has 1 fully saturated rings. The van der Waals surface area contributed by atoms with Crippen LogP contribution < -0.4 is 10.1 Å². The van der Waals surface area contributed by atoms with Gasteiger partial charge in [0.25, 0.3) is 0 Å². The van der Waals surface area contributed by atoms with E-state index in [9.17, 15) is 0 Å². The molecule has 1 saturated carbocycles. The number of hydrogen-bond acceptors (Lipinski definition) is 3. The molecule has 4 heteroatoms. The molecule has 0 heterocycles. The first kappa shape index (κ1) is 16.8. The first-order valence-electron chi connectivity index (χ1n) is 7.83. The maximum absolute atomic E-state index is 6.28. The summed E-state index contributed by atoms with van der Waals surface area (Å²) in [6, 6.07) is 6.28. The van der Waals surface area contributed by atoms with Crippen LogP contribution in [0.5, 0.6) is 5.75 Å². The van der Waals surface area contributed by atoms with E-state index in [1.165, 1.54) is 31.2 Å². The fraction of sp³-hybridized carbons (Fsp3) is 0.647. The maximum Gasteiger partial charge on any atom is 0.124 e. The number of methoxy groups -OCH3 is 1. The molecule has 0 radical (unpaired) electrons. The van der Waals surface area contributed by atoms with Crippen LogP contribution in [0.4, 0.5) is 0 Å². The summed E-state index contributed by atoms with van der Waals surface area (Å²) in [7, 11) is 1.72. The Morgan fingerprint density at radius 3 is 2.95 bits per heavy atom. The van der Waals surface area contributed by atoms with Crippen molar-refractivity contribution in [3.8, 4) is 5.75 Å². The Bertz CT molecular complexity index is 439. The molecule has 3 nitrogen and oxygen atoms in total. The molecule has 1 aromatic carbocycles. The highest BCUT2D eigenvalue weighted by atomic mass is 79.9. The summed E-state index contributed by atoms with van der Waals surface area (Å²) >= 11 is 3.55. The van der Waals surface area contributed by atoms with Crippen molar-refractivity contribution in [3.63, 3.8) is 0 Å². The van der Waals surface area contributed by atoms with Crippen molar-refractivity contribution in [1.29, 1.82) is 0 Å². The summed E-state index contributed by atoms with van der Waals surface area (Å²) in [4.78, 5) is 0. The van der Waals surface area contributed by atoms with E-state index in [1.54, 1.807) is 7.11 Å². The van der Waals surface area contributed by atoms with Gasteiger partial charge in [-0.15, -0.1) is 0 Å². The monoisotopic (exact) mass is 355 g/mol. The SMILES string of the molecule is COCCNCc1cc(Br)ccc1OC1CCCC(C)C1. The number of rotatable bonds is 7.